The Balaban J connectivity index is 2.02. The third kappa shape index (κ3) is 2.44. The van der Waals surface area contributed by atoms with Crippen LogP contribution in [0.15, 0.2) is 4.42 Å². The van der Waals surface area contributed by atoms with E-state index in [4.69, 9.17) is 10.2 Å². The van der Waals surface area contributed by atoms with Gasteiger partial charge in [0.25, 0.3) is 0 Å². The second-order valence-corrected chi connectivity index (χ2v) is 4.60. The number of hydrogen-bond acceptors (Lipinski definition) is 4. The zero-order valence-corrected chi connectivity index (χ0v) is 10.2. The van der Waals surface area contributed by atoms with Crippen LogP contribution in [-0.4, -0.2) is 29.0 Å². The zero-order valence-electron chi connectivity index (χ0n) is 10.2. The molecule has 0 bridgehead atoms. The lowest BCUT2D eigenvalue weighted by atomic mass is 10.0. The highest BCUT2D eigenvalue weighted by atomic mass is 16.4. The predicted molar refractivity (Wildman–Crippen MR) is 63.1 cm³/mol. The molecular weight excluding hydrogens is 202 g/mol. The third-order valence-electron chi connectivity index (χ3n) is 3.43. The molecule has 2 heterocycles. The van der Waals surface area contributed by atoms with Crippen LogP contribution in [0.25, 0.3) is 0 Å². The highest BCUT2D eigenvalue weighted by Crippen LogP contribution is 2.19. The Hall–Kier alpha value is -0.870. The minimum atomic E-state index is 0.501. The molecule has 0 spiro atoms. The average molecular weight is 223 g/mol. The van der Waals surface area contributed by atoms with Crippen LogP contribution in [0.5, 0.6) is 0 Å². The maximum atomic E-state index is 5.79. The van der Waals surface area contributed by atoms with E-state index in [9.17, 15) is 0 Å². The molecule has 0 saturated carbocycles. The molecule has 1 saturated heterocycles. The summed E-state index contributed by atoms with van der Waals surface area (Å²) < 4.78 is 5.62. The van der Waals surface area contributed by atoms with Crippen molar-refractivity contribution in [1.29, 1.82) is 0 Å². The summed E-state index contributed by atoms with van der Waals surface area (Å²) in [5, 5.41) is 0. The van der Waals surface area contributed by atoms with E-state index in [1.165, 1.54) is 19.3 Å². The fraction of sp³-hybridized carbons (Fsp3) is 0.750. The van der Waals surface area contributed by atoms with Crippen LogP contribution in [-0.2, 0) is 6.54 Å². The quantitative estimate of drug-likeness (QED) is 0.845. The van der Waals surface area contributed by atoms with Gasteiger partial charge in [-0.15, -0.1) is 0 Å². The number of nitrogens with zero attached hydrogens (tertiary/aromatic N) is 2. The Morgan fingerprint density at radius 2 is 2.25 bits per heavy atom. The van der Waals surface area contributed by atoms with Gasteiger partial charge in [-0.25, -0.2) is 4.98 Å². The molecule has 1 aromatic heterocycles. The van der Waals surface area contributed by atoms with E-state index in [1.807, 2.05) is 13.8 Å². The Morgan fingerprint density at radius 3 is 2.88 bits per heavy atom. The van der Waals surface area contributed by atoms with E-state index >= 15 is 0 Å². The smallest absolute Gasteiger partial charge is 0.208 e. The Labute approximate surface area is 96.8 Å². The molecule has 2 rings (SSSR count). The lowest BCUT2D eigenvalue weighted by Gasteiger charge is -2.33. The molecule has 1 aromatic rings. The highest BCUT2D eigenvalue weighted by Gasteiger charge is 2.22. The van der Waals surface area contributed by atoms with Crippen molar-refractivity contribution in [3.05, 3.63) is 17.3 Å². The van der Waals surface area contributed by atoms with Crippen LogP contribution in [0.2, 0.25) is 0 Å². The molecule has 1 aliphatic heterocycles. The van der Waals surface area contributed by atoms with Gasteiger partial charge in [-0.2, -0.15) is 0 Å². The normalized spacial score (nSPS) is 22.6. The van der Waals surface area contributed by atoms with Crippen molar-refractivity contribution in [3.63, 3.8) is 0 Å². The van der Waals surface area contributed by atoms with Crippen molar-refractivity contribution in [2.45, 2.75) is 45.7 Å². The molecule has 0 radical (unpaired) electrons. The molecule has 0 aliphatic carbocycles. The first-order chi connectivity index (χ1) is 7.70. The molecule has 90 valence electrons. The first-order valence-corrected chi connectivity index (χ1v) is 6.07. The highest BCUT2D eigenvalue weighted by molar-refractivity contribution is 5.05. The fourth-order valence-electron chi connectivity index (χ4n) is 2.32. The number of aromatic nitrogens is 1. The molecule has 1 aliphatic rings. The van der Waals surface area contributed by atoms with Crippen LogP contribution >= 0.6 is 0 Å². The van der Waals surface area contributed by atoms with Crippen molar-refractivity contribution in [1.82, 2.24) is 9.88 Å². The average Bonchev–Trinajstić information content (AvgIpc) is 2.59. The SMILES string of the molecule is Cc1nc(CN2CCCCC2CN)oc1C. The molecule has 0 aromatic carbocycles. The van der Waals surface area contributed by atoms with Crippen LogP contribution in [0, 0.1) is 13.8 Å². The van der Waals surface area contributed by atoms with E-state index < -0.39 is 0 Å². The number of piperidine rings is 1. The van der Waals surface area contributed by atoms with Crippen molar-refractivity contribution < 1.29 is 4.42 Å². The number of oxazole rings is 1. The van der Waals surface area contributed by atoms with Crippen LogP contribution < -0.4 is 5.73 Å². The molecule has 1 atom stereocenters. The Morgan fingerprint density at radius 1 is 1.44 bits per heavy atom. The zero-order chi connectivity index (χ0) is 11.5. The van der Waals surface area contributed by atoms with Crippen molar-refractivity contribution >= 4 is 0 Å². The van der Waals surface area contributed by atoms with Gasteiger partial charge in [-0.1, -0.05) is 6.42 Å². The van der Waals surface area contributed by atoms with E-state index in [-0.39, 0.29) is 0 Å². The maximum absolute atomic E-state index is 5.79. The summed E-state index contributed by atoms with van der Waals surface area (Å²) in [6.07, 6.45) is 3.76. The molecule has 16 heavy (non-hydrogen) atoms. The minimum absolute atomic E-state index is 0.501. The van der Waals surface area contributed by atoms with E-state index in [0.717, 1.165) is 37.0 Å². The lowest BCUT2D eigenvalue weighted by Crippen LogP contribution is -2.43. The second-order valence-electron chi connectivity index (χ2n) is 4.60. The summed E-state index contributed by atoms with van der Waals surface area (Å²) in [7, 11) is 0. The summed E-state index contributed by atoms with van der Waals surface area (Å²) in [5.74, 6) is 1.76. The van der Waals surface area contributed by atoms with Gasteiger partial charge in [-0.3, -0.25) is 4.90 Å². The summed E-state index contributed by atoms with van der Waals surface area (Å²) in [5.41, 5.74) is 6.79. The molecule has 1 unspecified atom stereocenters. The second kappa shape index (κ2) is 4.97. The number of aryl methyl sites for hydroxylation is 2. The van der Waals surface area contributed by atoms with Gasteiger partial charge in [0.05, 0.1) is 12.2 Å². The van der Waals surface area contributed by atoms with Gasteiger partial charge in [0, 0.05) is 12.6 Å². The largest absolute Gasteiger partial charge is 0.444 e. The summed E-state index contributed by atoms with van der Waals surface area (Å²) >= 11 is 0. The maximum Gasteiger partial charge on any atom is 0.208 e. The van der Waals surface area contributed by atoms with Crippen molar-refractivity contribution in [3.8, 4) is 0 Å². The van der Waals surface area contributed by atoms with E-state index in [0.29, 0.717) is 6.04 Å². The molecule has 0 amide bonds. The predicted octanol–water partition coefficient (Wildman–Crippen LogP) is 1.60. The molecule has 2 N–H and O–H groups in total. The molecule has 4 heteroatoms. The number of likely N-dealkylation sites (tertiary alicyclic amines) is 1. The van der Waals surface area contributed by atoms with Gasteiger partial charge >= 0.3 is 0 Å². The summed E-state index contributed by atoms with van der Waals surface area (Å²) in [4.78, 5) is 6.82. The van der Waals surface area contributed by atoms with Crippen molar-refractivity contribution in [2.24, 2.45) is 5.73 Å². The van der Waals surface area contributed by atoms with Gasteiger partial charge in [0.2, 0.25) is 5.89 Å². The Bertz CT molecular complexity index is 329. The first-order valence-electron chi connectivity index (χ1n) is 6.07. The Kier molecular flexibility index (Phi) is 3.61. The number of hydrogen-bond donors (Lipinski definition) is 1. The molecule has 1 fully saturated rings. The monoisotopic (exact) mass is 223 g/mol. The van der Waals surface area contributed by atoms with E-state index in [1.54, 1.807) is 0 Å². The molecular formula is C12H21N3O. The summed E-state index contributed by atoms with van der Waals surface area (Å²) in [6, 6.07) is 0.501. The van der Waals surface area contributed by atoms with Gasteiger partial charge in [-0.05, 0) is 33.2 Å². The number of nitrogens with two attached hydrogens (primary N) is 1. The van der Waals surface area contributed by atoms with Gasteiger partial charge < -0.3 is 10.2 Å². The fourth-order valence-corrected chi connectivity index (χ4v) is 2.32. The van der Waals surface area contributed by atoms with Gasteiger partial charge in [0.15, 0.2) is 0 Å². The topological polar surface area (TPSA) is 55.3 Å². The minimum Gasteiger partial charge on any atom is -0.444 e. The van der Waals surface area contributed by atoms with E-state index in [2.05, 4.69) is 9.88 Å². The lowest BCUT2D eigenvalue weighted by molar-refractivity contribution is 0.131. The van der Waals surface area contributed by atoms with Gasteiger partial charge in [0.1, 0.15) is 5.76 Å². The van der Waals surface area contributed by atoms with Crippen LogP contribution in [0.3, 0.4) is 0 Å². The number of rotatable bonds is 3. The van der Waals surface area contributed by atoms with Crippen LogP contribution in [0.1, 0.15) is 36.6 Å². The third-order valence-corrected chi connectivity index (χ3v) is 3.43. The van der Waals surface area contributed by atoms with Crippen LogP contribution in [0.4, 0.5) is 0 Å². The summed E-state index contributed by atoms with van der Waals surface area (Å²) in [6.45, 7) is 6.60. The standard InChI is InChI=1S/C12H21N3O/c1-9-10(2)16-12(14-9)8-15-6-4-3-5-11(15)7-13/h11H,3-8,13H2,1-2H3. The van der Waals surface area contributed by atoms with Crippen molar-refractivity contribution in [2.75, 3.05) is 13.1 Å². The first kappa shape index (κ1) is 11.6. The molecule has 4 nitrogen and oxygen atoms in total.